The van der Waals surface area contributed by atoms with Crippen molar-refractivity contribution in [3.8, 4) is 5.88 Å². The zero-order valence-corrected chi connectivity index (χ0v) is 13.0. The molecule has 1 atom stereocenters. The highest BCUT2D eigenvalue weighted by atomic mass is 32.1. The lowest BCUT2D eigenvalue weighted by molar-refractivity contribution is 0.395. The van der Waals surface area contributed by atoms with E-state index in [0.29, 0.717) is 11.9 Å². The average molecular weight is 291 g/mol. The Morgan fingerprint density at radius 1 is 1.30 bits per heavy atom. The fourth-order valence-corrected chi connectivity index (χ4v) is 3.13. The minimum atomic E-state index is 0.296. The molecule has 20 heavy (non-hydrogen) atoms. The van der Waals surface area contributed by atoms with Crippen LogP contribution in [-0.4, -0.2) is 23.6 Å². The third-order valence-corrected chi connectivity index (χ3v) is 4.49. The molecule has 0 aliphatic heterocycles. The minimum Gasteiger partial charge on any atom is -0.481 e. The molecular formula is C15H21N3OS. The van der Waals surface area contributed by atoms with Gasteiger partial charge in [0.05, 0.1) is 7.11 Å². The van der Waals surface area contributed by atoms with E-state index in [-0.39, 0.29) is 0 Å². The molecule has 0 aliphatic rings. The Kier molecular flexibility index (Phi) is 5.49. The van der Waals surface area contributed by atoms with E-state index in [1.54, 1.807) is 13.4 Å². The summed E-state index contributed by atoms with van der Waals surface area (Å²) in [6.45, 7) is 5.25. The maximum absolute atomic E-state index is 5.15. The predicted octanol–water partition coefficient (Wildman–Crippen LogP) is 3.00. The molecule has 1 N–H and O–H groups in total. The first kappa shape index (κ1) is 14.9. The minimum absolute atomic E-state index is 0.296. The Balaban J connectivity index is 2.15. The number of thiophene rings is 1. The molecule has 0 saturated heterocycles. The molecule has 0 spiro atoms. The quantitative estimate of drug-likeness (QED) is 0.852. The standard InChI is InChI=1S/C15H21N3OS/c1-4-12-6-7-14(20-12)13(16-5-2)8-11-9-15(19-3)18-10-17-11/h6-7,9-10,13,16H,4-5,8H2,1-3H3. The first-order chi connectivity index (χ1) is 9.76. The molecule has 0 fully saturated rings. The summed E-state index contributed by atoms with van der Waals surface area (Å²) in [4.78, 5) is 11.2. The first-order valence-electron chi connectivity index (χ1n) is 6.93. The summed E-state index contributed by atoms with van der Waals surface area (Å²) in [5.74, 6) is 0.616. The van der Waals surface area contributed by atoms with E-state index in [2.05, 4.69) is 41.3 Å². The van der Waals surface area contributed by atoms with E-state index in [4.69, 9.17) is 4.74 Å². The number of nitrogens with zero attached hydrogens (tertiary/aromatic N) is 2. The predicted molar refractivity (Wildman–Crippen MR) is 82.4 cm³/mol. The van der Waals surface area contributed by atoms with Crippen molar-refractivity contribution in [2.45, 2.75) is 32.7 Å². The van der Waals surface area contributed by atoms with Gasteiger partial charge in [0, 0.05) is 34.0 Å². The number of aromatic nitrogens is 2. The van der Waals surface area contributed by atoms with Crippen molar-refractivity contribution in [2.75, 3.05) is 13.7 Å². The highest BCUT2D eigenvalue weighted by Crippen LogP contribution is 2.26. The molecule has 4 nitrogen and oxygen atoms in total. The second kappa shape index (κ2) is 7.36. The zero-order chi connectivity index (χ0) is 14.4. The molecule has 2 aromatic rings. The molecule has 108 valence electrons. The van der Waals surface area contributed by atoms with Gasteiger partial charge >= 0.3 is 0 Å². The van der Waals surface area contributed by atoms with Crippen molar-refractivity contribution in [1.82, 2.24) is 15.3 Å². The van der Waals surface area contributed by atoms with Crippen LogP contribution in [0, 0.1) is 0 Å². The van der Waals surface area contributed by atoms with E-state index >= 15 is 0 Å². The molecule has 0 aromatic carbocycles. The molecule has 2 aromatic heterocycles. The summed E-state index contributed by atoms with van der Waals surface area (Å²) >= 11 is 1.87. The van der Waals surface area contributed by atoms with Crippen LogP contribution in [0.3, 0.4) is 0 Å². The van der Waals surface area contributed by atoms with E-state index in [9.17, 15) is 0 Å². The Bertz CT molecular complexity index is 541. The summed E-state index contributed by atoms with van der Waals surface area (Å²) in [5, 5.41) is 3.53. The molecular weight excluding hydrogens is 270 g/mol. The lowest BCUT2D eigenvalue weighted by Gasteiger charge is -2.16. The summed E-state index contributed by atoms with van der Waals surface area (Å²) < 4.78 is 5.15. The normalized spacial score (nSPS) is 12.3. The number of aryl methyl sites for hydroxylation is 1. The maximum Gasteiger partial charge on any atom is 0.216 e. The Hall–Kier alpha value is -1.46. The van der Waals surface area contributed by atoms with Crippen LogP contribution in [0.15, 0.2) is 24.5 Å². The number of nitrogens with one attached hydrogen (secondary N) is 1. The topological polar surface area (TPSA) is 47.0 Å². The molecule has 2 heterocycles. The zero-order valence-electron chi connectivity index (χ0n) is 12.2. The third-order valence-electron chi connectivity index (χ3n) is 3.15. The summed E-state index contributed by atoms with van der Waals surface area (Å²) in [7, 11) is 1.63. The molecule has 2 rings (SSSR count). The fraction of sp³-hybridized carbons (Fsp3) is 0.467. The summed E-state index contributed by atoms with van der Waals surface area (Å²) in [6.07, 6.45) is 3.49. The highest BCUT2D eigenvalue weighted by Gasteiger charge is 2.14. The van der Waals surface area contributed by atoms with Crippen molar-refractivity contribution >= 4 is 11.3 Å². The van der Waals surface area contributed by atoms with Gasteiger partial charge in [-0.05, 0) is 25.1 Å². The number of rotatable bonds is 7. The largest absolute Gasteiger partial charge is 0.481 e. The van der Waals surface area contributed by atoms with Crippen LogP contribution < -0.4 is 10.1 Å². The number of ether oxygens (including phenoxy) is 1. The molecule has 1 unspecified atom stereocenters. The summed E-state index contributed by atoms with van der Waals surface area (Å²) in [6, 6.07) is 6.63. The molecule has 0 saturated carbocycles. The first-order valence-corrected chi connectivity index (χ1v) is 7.75. The third kappa shape index (κ3) is 3.77. The molecule has 5 heteroatoms. The van der Waals surface area contributed by atoms with E-state index in [0.717, 1.165) is 25.1 Å². The summed E-state index contributed by atoms with van der Waals surface area (Å²) in [5.41, 5.74) is 0.995. The van der Waals surface area contributed by atoms with Gasteiger partial charge < -0.3 is 10.1 Å². The highest BCUT2D eigenvalue weighted by molar-refractivity contribution is 7.12. The Morgan fingerprint density at radius 3 is 2.80 bits per heavy atom. The molecule has 0 radical (unpaired) electrons. The number of methoxy groups -OCH3 is 1. The maximum atomic E-state index is 5.15. The van der Waals surface area contributed by atoms with E-state index in [1.165, 1.54) is 9.75 Å². The van der Waals surface area contributed by atoms with E-state index < -0.39 is 0 Å². The van der Waals surface area contributed by atoms with Crippen LogP contribution in [0.2, 0.25) is 0 Å². The lowest BCUT2D eigenvalue weighted by atomic mass is 10.1. The molecule has 0 aliphatic carbocycles. The SMILES string of the molecule is CCNC(Cc1cc(OC)ncn1)c1ccc(CC)s1. The van der Waals surface area contributed by atoms with Crippen LogP contribution in [0.4, 0.5) is 0 Å². The monoisotopic (exact) mass is 291 g/mol. The van der Waals surface area contributed by atoms with Gasteiger partial charge in [0.2, 0.25) is 5.88 Å². The van der Waals surface area contributed by atoms with Crippen LogP contribution in [0.25, 0.3) is 0 Å². The van der Waals surface area contributed by atoms with Gasteiger partial charge in [-0.3, -0.25) is 0 Å². The van der Waals surface area contributed by atoms with Gasteiger partial charge in [0.15, 0.2) is 0 Å². The van der Waals surface area contributed by atoms with Crippen LogP contribution in [0.5, 0.6) is 5.88 Å². The average Bonchev–Trinajstić information content (AvgIpc) is 2.96. The van der Waals surface area contributed by atoms with Crippen LogP contribution >= 0.6 is 11.3 Å². The van der Waals surface area contributed by atoms with Crippen LogP contribution in [-0.2, 0) is 12.8 Å². The van der Waals surface area contributed by atoms with Gasteiger partial charge in [0.1, 0.15) is 6.33 Å². The van der Waals surface area contributed by atoms with Gasteiger partial charge in [0.25, 0.3) is 0 Å². The van der Waals surface area contributed by atoms with E-state index in [1.807, 2.05) is 17.4 Å². The van der Waals surface area contributed by atoms with Crippen molar-refractivity contribution in [2.24, 2.45) is 0 Å². The van der Waals surface area contributed by atoms with Crippen molar-refractivity contribution in [3.05, 3.63) is 40.0 Å². The number of hydrogen-bond acceptors (Lipinski definition) is 5. The van der Waals surface area contributed by atoms with Gasteiger partial charge in [-0.1, -0.05) is 13.8 Å². The number of likely N-dealkylation sites (N-methyl/N-ethyl adjacent to an activating group) is 1. The second-order valence-corrected chi connectivity index (χ2v) is 5.72. The van der Waals surface area contributed by atoms with Gasteiger partial charge in [-0.2, -0.15) is 0 Å². The van der Waals surface area contributed by atoms with Gasteiger partial charge in [-0.25, -0.2) is 9.97 Å². The van der Waals surface area contributed by atoms with Crippen molar-refractivity contribution in [1.29, 1.82) is 0 Å². The smallest absolute Gasteiger partial charge is 0.216 e. The second-order valence-electron chi connectivity index (χ2n) is 4.52. The van der Waals surface area contributed by atoms with Crippen LogP contribution in [0.1, 0.15) is 35.3 Å². The lowest BCUT2D eigenvalue weighted by Crippen LogP contribution is -2.22. The molecule has 0 bridgehead atoms. The van der Waals surface area contributed by atoms with Gasteiger partial charge in [-0.15, -0.1) is 11.3 Å². The Labute approximate surface area is 124 Å². The fourth-order valence-electron chi connectivity index (χ4n) is 2.10. The van der Waals surface area contributed by atoms with Crippen molar-refractivity contribution in [3.63, 3.8) is 0 Å². The number of hydrogen-bond donors (Lipinski definition) is 1. The van der Waals surface area contributed by atoms with Crippen molar-refractivity contribution < 1.29 is 4.74 Å². The Morgan fingerprint density at radius 2 is 2.15 bits per heavy atom. The molecule has 0 amide bonds.